The van der Waals surface area contributed by atoms with Gasteiger partial charge in [-0.2, -0.15) is 23.3 Å². The molecular formula is C27H28F3N5O3S. The van der Waals surface area contributed by atoms with Crippen LogP contribution in [0.25, 0.3) is 17.0 Å². The lowest BCUT2D eigenvalue weighted by atomic mass is 9.93. The van der Waals surface area contributed by atoms with Crippen LogP contribution in [-0.4, -0.2) is 68.3 Å². The number of carbonyl (C=O) groups excluding carboxylic acids is 1. The monoisotopic (exact) mass is 559 g/mol. The maximum atomic E-state index is 13.8. The van der Waals surface area contributed by atoms with Crippen molar-refractivity contribution in [3.05, 3.63) is 69.8 Å². The van der Waals surface area contributed by atoms with Gasteiger partial charge in [0.15, 0.2) is 5.17 Å². The van der Waals surface area contributed by atoms with Gasteiger partial charge in [0.2, 0.25) is 0 Å². The van der Waals surface area contributed by atoms with Crippen molar-refractivity contribution in [2.75, 3.05) is 26.2 Å². The van der Waals surface area contributed by atoms with E-state index in [0.717, 1.165) is 17.0 Å². The van der Waals surface area contributed by atoms with Crippen LogP contribution in [0.15, 0.2) is 52.5 Å². The van der Waals surface area contributed by atoms with E-state index in [9.17, 15) is 28.2 Å². The lowest BCUT2D eigenvalue weighted by Crippen LogP contribution is -2.53. The van der Waals surface area contributed by atoms with Crippen molar-refractivity contribution in [3.63, 3.8) is 0 Å². The predicted molar refractivity (Wildman–Crippen MR) is 144 cm³/mol. The molecule has 1 aromatic heterocycles. The normalized spacial score (nSPS) is 19.8. The SMILES string of the molecule is CC(C)(O)c1ccc(Cn2ncc3cc(C=C4SC(N5CCN[C@@H](CO)C5)=NC4=O)ccc32)c(C(F)(F)F)c1. The number of hydrogen-bond donors (Lipinski definition) is 3. The molecule has 1 amide bonds. The minimum atomic E-state index is -4.59. The summed E-state index contributed by atoms with van der Waals surface area (Å²) in [6, 6.07) is 9.17. The first-order valence-electron chi connectivity index (χ1n) is 12.4. The van der Waals surface area contributed by atoms with Crippen molar-refractivity contribution >= 4 is 39.8 Å². The number of aliphatic hydroxyl groups excluding tert-OH is 1. The van der Waals surface area contributed by atoms with E-state index in [2.05, 4.69) is 15.4 Å². The number of alkyl halides is 3. The van der Waals surface area contributed by atoms with Crippen LogP contribution in [0, 0.1) is 0 Å². The molecule has 3 aromatic rings. The van der Waals surface area contributed by atoms with Gasteiger partial charge in [-0.1, -0.05) is 18.2 Å². The number of halogens is 3. The molecule has 3 heterocycles. The molecule has 1 atom stereocenters. The van der Waals surface area contributed by atoms with Crippen LogP contribution in [0.2, 0.25) is 0 Å². The summed E-state index contributed by atoms with van der Waals surface area (Å²) in [5, 5.41) is 28.5. The van der Waals surface area contributed by atoms with Gasteiger partial charge < -0.3 is 20.4 Å². The lowest BCUT2D eigenvalue weighted by molar-refractivity contribution is -0.138. The highest BCUT2D eigenvalue weighted by Gasteiger charge is 2.35. The van der Waals surface area contributed by atoms with Crippen LogP contribution in [0.3, 0.4) is 0 Å². The number of benzene rings is 2. The number of nitrogens with one attached hydrogen (secondary N) is 1. The highest BCUT2D eigenvalue weighted by Crippen LogP contribution is 2.36. The summed E-state index contributed by atoms with van der Waals surface area (Å²) < 4.78 is 43.0. The Labute approximate surface area is 227 Å². The topological polar surface area (TPSA) is 103 Å². The summed E-state index contributed by atoms with van der Waals surface area (Å²) in [6.45, 7) is 4.72. The average Bonchev–Trinajstić information content (AvgIpc) is 3.45. The Kier molecular flexibility index (Phi) is 7.31. The number of rotatable bonds is 5. The second-order valence-electron chi connectivity index (χ2n) is 10.1. The molecule has 2 aliphatic rings. The highest BCUT2D eigenvalue weighted by atomic mass is 32.2. The van der Waals surface area contributed by atoms with Crippen molar-refractivity contribution in [1.29, 1.82) is 0 Å². The zero-order valence-electron chi connectivity index (χ0n) is 21.4. The molecule has 0 aliphatic carbocycles. The first-order valence-corrected chi connectivity index (χ1v) is 13.2. The molecule has 0 unspecified atom stereocenters. The first-order chi connectivity index (χ1) is 18.4. The molecule has 39 heavy (non-hydrogen) atoms. The van der Waals surface area contributed by atoms with E-state index in [-0.39, 0.29) is 36.2 Å². The second-order valence-corrected chi connectivity index (χ2v) is 11.1. The van der Waals surface area contributed by atoms with Crippen LogP contribution >= 0.6 is 11.8 Å². The molecule has 1 fully saturated rings. The number of amides is 1. The molecular weight excluding hydrogens is 531 g/mol. The predicted octanol–water partition coefficient (Wildman–Crippen LogP) is 3.57. The number of aliphatic hydroxyl groups is 2. The quantitative estimate of drug-likeness (QED) is 0.411. The molecule has 0 saturated carbocycles. The standard InChI is InChI=1S/C27H28F3N5O3S/c1-26(2,38)19-5-4-17(21(11-19)27(28,29)30)13-35-22-6-3-16(9-18(22)12-32-35)10-23-24(37)33-25(39-23)34-8-7-31-20(14-34)15-36/h3-6,9-12,20,31,36,38H,7-8,13-15H2,1-2H3/t20-/m1/s1. The maximum absolute atomic E-state index is 13.8. The molecule has 1 saturated heterocycles. The zero-order chi connectivity index (χ0) is 27.9. The number of hydrogen-bond acceptors (Lipinski definition) is 7. The Bertz CT molecular complexity index is 1480. The number of carbonyl (C=O) groups is 1. The fourth-order valence-corrected chi connectivity index (χ4v) is 5.60. The van der Waals surface area contributed by atoms with Gasteiger partial charge in [0.1, 0.15) is 0 Å². The summed E-state index contributed by atoms with van der Waals surface area (Å²) in [4.78, 5) is 19.2. The van der Waals surface area contributed by atoms with Gasteiger partial charge in [0, 0.05) is 31.1 Å². The van der Waals surface area contributed by atoms with E-state index in [1.165, 1.54) is 42.4 Å². The van der Waals surface area contributed by atoms with Crippen molar-refractivity contribution in [3.8, 4) is 0 Å². The van der Waals surface area contributed by atoms with E-state index in [1.54, 1.807) is 24.4 Å². The number of aromatic nitrogens is 2. The minimum Gasteiger partial charge on any atom is -0.395 e. The van der Waals surface area contributed by atoms with E-state index in [4.69, 9.17) is 0 Å². The van der Waals surface area contributed by atoms with Gasteiger partial charge in [-0.15, -0.1) is 0 Å². The molecule has 5 rings (SSSR count). The van der Waals surface area contributed by atoms with E-state index >= 15 is 0 Å². The van der Waals surface area contributed by atoms with Gasteiger partial charge in [-0.05, 0) is 66.6 Å². The van der Waals surface area contributed by atoms with Gasteiger partial charge in [-0.3, -0.25) is 9.48 Å². The van der Waals surface area contributed by atoms with Gasteiger partial charge in [0.05, 0.1) is 40.9 Å². The summed E-state index contributed by atoms with van der Waals surface area (Å²) in [7, 11) is 0. The third-order valence-corrected chi connectivity index (χ3v) is 7.81. The molecule has 206 valence electrons. The average molecular weight is 560 g/mol. The van der Waals surface area contributed by atoms with Crippen molar-refractivity contribution in [1.82, 2.24) is 20.0 Å². The Morgan fingerprint density at radius 1 is 1.21 bits per heavy atom. The third-order valence-electron chi connectivity index (χ3n) is 6.76. The molecule has 0 bridgehead atoms. The molecule has 8 nitrogen and oxygen atoms in total. The van der Waals surface area contributed by atoms with Crippen molar-refractivity contribution in [2.45, 2.75) is 38.2 Å². The molecule has 3 N–H and O–H groups in total. The summed E-state index contributed by atoms with van der Waals surface area (Å²) in [6.07, 6.45) is -1.27. The minimum absolute atomic E-state index is 0.00243. The Morgan fingerprint density at radius 3 is 2.72 bits per heavy atom. The van der Waals surface area contributed by atoms with Crippen molar-refractivity contribution < 1.29 is 28.2 Å². The smallest absolute Gasteiger partial charge is 0.395 e. The van der Waals surface area contributed by atoms with Crippen LogP contribution in [-0.2, 0) is 23.1 Å². The third kappa shape index (κ3) is 5.88. The van der Waals surface area contributed by atoms with Gasteiger partial charge >= 0.3 is 6.18 Å². The molecule has 0 spiro atoms. The van der Waals surface area contributed by atoms with Crippen LogP contribution in [0.5, 0.6) is 0 Å². The molecule has 12 heteroatoms. The summed E-state index contributed by atoms with van der Waals surface area (Å²) >= 11 is 1.28. The first kappa shape index (κ1) is 27.4. The fraction of sp³-hybridized carbons (Fsp3) is 0.370. The van der Waals surface area contributed by atoms with E-state index in [0.29, 0.717) is 35.2 Å². The maximum Gasteiger partial charge on any atom is 0.416 e. The molecule has 0 radical (unpaired) electrons. The Hall–Kier alpha value is -3.19. The Balaban J connectivity index is 1.36. The van der Waals surface area contributed by atoms with Gasteiger partial charge in [-0.25, -0.2) is 0 Å². The molecule has 2 aliphatic heterocycles. The van der Waals surface area contributed by atoms with Crippen LogP contribution in [0.1, 0.15) is 36.1 Å². The number of piperazine rings is 1. The van der Waals surface area contributed by atoms with E-state index < -0.39 is 17.3 Å². The lowest BCUT2D eigenvalue weighted by Gasteiger charge is -2.33. The largest absolute Gasteiger partial charge is 0.416 e. The highest BCUT2D eigenvalue weighted by molar-refractivity contribution is 8.18. The Morgan fingerprint density at radius 2 is 2.00 bits per heavy atom. The van der Waals surface area contributed by atoms with Crippen molar-refractivity contribution in [2.24, 2.45) is 4.99 Å². The summed E-state index contributed by atoms with van der Waals surface area (Å²) in [5.41, 5.74) is -0.601. The van der Waals surface area contributed by atoms with Crippen LogP contribution < -0.4 is 5.32 Å². The number of amidine groups is 1. The second kappa shape index (κ2) is 10.4. The number of aliphatic imine (C=N–C) groups is 1. The van der Waals surface area contributed by atoms with Crippen LogP contribution in [0.4, 0.5) is 13.2 Å². The fourth-order valence-electron chi connectivity index (χ4n) is 4.65. The molecule has 2 aromatic carbocycles. The van der Waals surface area contributed by atoms with Gasteiger partial charge in [0.25, 0.3) is 5.91 Å². The number of fused-ring (bicyclic) bond motifs is 1. The zero-order valence-corrected chi connectivity index (χ0v) is 22.2. The number of nitrogens with zero attached hydrogens (tertiary/aromatic N) is 4. The number of thioether (sulfide) groups is 1. The van der Waals surface area contributed by atoms with E-state index in [1.807, 2.05) is 11.0 Å². The summed E-state index contributed by atoms with van der Waals surface area (Å²) in [5.74, 6) is -0.334.